The molecule has 0 bridgehead atoms. The molecule has 2 rings (SSSR count). The van der Waals surface area contributed by atoms with Crippen LogP contribution in [0.25, 0.3) is 0 Å². The van der Waals surface area contributed by atoms with Crippen LogP contribution in [0.3, 0.4) is 0 Å². The minimum atomic E-state index is -0.455. The van der Waals surface area contributed by atoms with Crippen molar-refractivity contribution in [1.29, 1.82) is 0 Å². The Hall–Kier alpha value is -2.02. The second-order valence-electron chi connectivity index (χ2n) is 5.37. The fourth-order valence-electron chi connectivity index (χ4n) is 2.17. The van der Waals surface area contributed by atoms with Gasteiger partial charge in [-0.2, -0.15) is 0 Å². The van der Waals surface area contributed by atoms with Crippen LogP contribution in [0.5, 0.6) is 5.75 Å². The summed E-state index contributed by atoms with van der Waals surface area (Å²) in [5.41, 5.74) is 0.812. The number of carbonyl (C=O) groups excluding carboxylic acids is 1. The number of nitrogens with zero attached hydrogens (tertiary/aromatic N) is 3. The normalized spacial score (nSPS) is 12.2. The highest BCUT2D eigenvalue weighted by molar-refractivity contribution is 7.98. The molecule has 124 valence electrons. The van der Waals surface area contributed by atoms with E-state index in [4.69, 9.17) is 9.47 Å². The molecule has 0 radical (unpaired) electrons. The van der Waals surface area contributed by atoms with E-state index >= 15 is 0 Å². The lowest BCUT2D eigenvalue weighted by Gasteiger charge is -2.17. The van der Waals surface area contributed by atoms with E-state index in [2.05, 4.69) is 10.3 Å². The monoisotopic (exact) mass is 335 g/mol. The number of aromatic nitrogens is 3. The van der Waals surface area contributed by atoms with Crippen LogP contribution in [0.2, 0.25) is 0 Å². The van der Waals surface area contributed by atoms with Crippen LogP contribution in [0, 0.1) is 5.92 Å². The Labute approximate surface area is 140 Å². The number of ether oxygens (including phenoxy) is 2. The summed E-state index contributed by atoms with van der Waals surface area (Å²) in [5, 5.41) is 8.23. The minimum Gasteiger partial charge on any atom is -0.497 e. The predicted octanol–water partition coefficient (Wildman–Crippen LogP) is 2.95. The molecule has 0 saturated heterocycles. The maximum Gasteiger partial charge on any atom is 0.330 e. The van der Waals surface area contributed by atoms with Gasteiger partial charge in [-0.05, 0) is 24.1 Å². The number of methoxy groups -OCH3 is 2. The number of hydrogen-bond donors (Lipinski definition) is 0. The fourth-order valence-corrected chi connectivity index (χ4v) is 2.99. The van der Waals surface area contributed by atoms with Crippen molar-refractivity contribution in [2.24, 2.45) is 5.92 Å². The number of benzene rings is 1. The van der Waals surface area contributed by atoms with Crippen molar-refractivity contribution in [2.45, 2.75) is 30.5 Å². The Morgan fingerprint density at radius 3 is 2.78 bits per heavy atom. The van der Waals surface area contributed by atoms with Gasteiger partial charge < -0.3 is 9.47 Å². The Morgan fingerprint density at radius 1 is 1.35 bits per heavy atom. The zero-order valence-electron chi connectivity index (χ0n) is 13.7. The Bertz CT molecular complexity index is 658. The van der Waals surface area contributed by atoms with E-state index in [0.717, 1.165) is 16.3 Å². The Morgan fingerprint density at radius 2 is 2.13 bits per heavy atom. The Kier molecular flexibility index (Phi) is 6.04. The molecule has 6 nitrogen and oxygen atoms in total. The van der Waals surface area contributed by atoms with Gasteiger partial charge in [-0.15, -0.1) is 16.9 Å². The number of hydrogen-bond acceptors (Lipinski definition) is 6. The minimum absolute atomic E-state index is 0.0723. The van der Waals surface area contributed by atoms with Gasteiger partial charge in [0, 0.05) is 10.6 Å². The molecule has 1 atom stereocenters. The van der Waals surface area contributed by atoms with Crippen LogP contribution < -0.4 is 4.74 Å². The lowest BCUT2D eigenvalue weighted by Crippen LogP contribution is -2.26. The van der Waals surface area contributed by atoms with Gasteiger partial charge in [0.05, 0.1) is 26.1 Å². The number of carbonyl (C=O) groups is 1. The first kappa shape index (κ1) is 17.3. The van der Waals surface area contributed by atoms with Gasteiger partial charge in [-0.25, -0.2) is 9.48 Å². The average molecular weight is 335 g/mol. The maximum absolute atomic E-state index is 11.9. The quantitative estimate of drug-likeness (QED) is 0.572. The van der Waals surface area contributed by atoms with Crippen LogP contribution in [0.4, 0.5) is 0 Å². The second-order valence-corrected chi connectivity index (χ2v) is 6.42. The van der Waals surface area contributed by atoms with Gasteiger partial charge in [0.2, 0.25) is 0 Å². The van der Waals surface area contributed by atoms with Gasteiger partial charge in [-0.1, -0.05) is 25.1 Å². The summed E-state index contributed by atoms with van der Waals surface area (Å²) in [7, 11) is 3.03. The van der Waals surface area contributed by atoms with Crippen molar-refractivity contribution in [3.05, 3.63) is 36.2 Å². The molecule has 0 N–H and O–H groups in total. The molecule has 0 fully saturated rings. The smallest absolute Gasteiger partial charge is 0.330 e. The van der Waals surface area contributed by atoms with Gasteiger partial charge in [0.25, 0.3) is 0 Å². The van der Waals surface area contributed by atoms with E-state index in [1.54, 1.807) is 29.8 Å². The van der Waals surface area contributed by atoms with Crippen molar-refractivity contribution in [3.8, 4) is 5.75 Å². The highest BCUT2D eigenvalue weighted by Crippen LogP contribution is 2.26. The van der Waals surface area contributed by atoms with Crippen molar-refractivity contribution in [2.75, 3.05) is 14.2 Å². The highest BCUT2D eigenvalue weighted by atomic mass is 32.2. The van der Waals surface area contributed by atoms with Crippen LogP contribution in [0.1, 0.15) is 25.6 Å². The molecule has 0 spiro atoms. The van der Waals surface area contributed by atoms with E-state index in [1.165, 1.54) is 7.11 Å². The fraction of sp³-hybridized carbons (Fsp3) is 0.438. The van der Waals surface area contributed by atoms with E-state index < -0.39 is 6.04 Å². The summed E-state index contributed by atoms with van der Waals surface area (Å²) >= 11 is 1.64. The third-order valence-electron chi connectivity index (χ3n) is 3.34. The van der Waals surface area contributed by atoms with Crippen molar-refractivity contribution in [1.82, 2.24) is 15.0 Å². The van der Waals surface area contributed by atoms with E-state index in [-0.39, 0.29) is 11.9 Å². The molecule has 2 aromatic rings. The van der Waals surface area contributed by atoms with Crippen LogP contribution in [-0.2, 0) is 15.3 Å². The zero-order valence-corrected chi connectivity index (χ0v) is 14.5. The molecule has 0 aliphatic carbocycles. The standard InChI is InChI=1S/C16H21N3O3S/c1-11(2)15(16(20)22-4)19-9-12(17-18-19)10-23-14-7-5-6-13(8-14)21-3/h5-9,11,15H,10H2,1-4H3/t15-/m0/s1. The molecule has 0 amide bonds. The molecule has 1 heterocycles. The van der Waals surface area contributed by atoms with Crippen molar-refractivity contribution in [3.63, 3.8) is 0 Å². The molecule has 0 saturated carbocycles. The van der Waals surface area contributed by atoms with E-state index in [9.17, 15) is 4.79 Å². The zero-order chi connectivity index (χ0) is 16.8. The van der Waals surface area contributed by atoms with Crippen LogP contribution in [-0.4, -0.2) is 35.2 Å². The summed E-state index contributed by atoms with van der Waals surface area (Å²) in [6.07, 6.45) is 1.80. The summed E-state index contributed by atoms with van der Waals surface area (Å²) in [5.74, 6) is 1.25. The summed E-state index contributed by atoms with van der Waals surface area (Å²) in [6, 6.07) is 7.39. The van der Waals surface area contributed by atoms with Crippen LogP contribution >= 0.6 is 11.8 Å². The molecular formula is C16H21N3O3S. The maximum atomic E-state index is 11.9. The molecule has 7 heteroatoms. The lowest BCUT2D eigenvalue weighted by atomic mass is 10.1. The molecule has 0 aliphatic rings. The SMILES string of the molecule is COC(=O)[C@H](C(C)C)n1cc(CSc2cccc(OC)c2)nn1. The number of esters is 1. The predicted molar refractivity (Wildman–Crippen MR) is 88.5 cm³/mol. The molecule has 0 unspecified atom stereocenters. The van der Waals surface area contributed by atoms with Crippen molar-refractivity contribution < 1.29 is 14.3 Å². The first-order valence-electron chi connectivity index (χ1n) is 7.30. The average Bonchev–Trinajstić information content (AvgIpc) is 3.01. The van der Waals surface area contributed by atoms with Gasteiger partial charge in [0.1, 0.15) is 5.75 Å². The third-order valence-corrected chi connectivity index (χ3v) is 4.37. The van der Waals surface area contributed by atoms with Gasteiger partial charge >= 0.3 is 5.97 Å². The molecule has 23 heavy (non-hydrogen) atoms. The summed E-state index contributed by atoms with van der Waals surface area (Å²) in [4.78, 5) is 13.0. The summed E-state index contributed by atoms with van der Waals surface area (Å²) in [6.45, 7) is 3.90. The third kappa shape index (κ3) is 4.48. The lowest BCUT2D eigenvalue weighted by molar-refractivity contribution is -0.146. The molecular weight excluding hydrogens is 314 g/mol. The van der Waals surface area contributed by atoms with Crippen molar-refractivity contribution >= 4 is 17.7 Å². The largest absolute Gasteiger partial charge is 0.497 e. The van der Waals surface area contributed by atoms with E-state index in [1.807, 2.05) is 38.1 Å². The van der Waals surface area contributed by atoms with Gasteiger partial charge in [0.15, 0.2) is 6.04 Å². The highest BCUT2D eigenvalue weighted by Gasteiger charge is 2.26. The number of thioether (sulfide) groups is 1. The molecule has 1 aromatic heterocycles. The van der Waals surface area contributed by atoms with Crippen LogP contribution in [0.15, 0.2) is 35.4 Å². The Balaban J connectivity index is 2.05. The first-order chi connectivity index (χ1) is 11.0. The summed E-state index contributed by atoms with van der Waals surface area (Å²) < 4.78 is 11.6. The first-order valence-corrected chi connectivity index (χ1v) is 8.29. The molecule has 0 aliphatic heterocycles. The topological polar surface area (TPSA) is 66.2 Å². The number of rotatable bonds is 7. The van der Waals surface area contributed by atoms with Gasteiger partial charge in [-0.3, -0.25) is 0 Å². The molecule has 1 aromatic carbocycles. The second kappa shape index (κ2) is 8.01. The van der Waals surface area contributed by atoms with E-state index in [0.29, 0.717) is 5.75 Å².